The number of fused-ring (bicyclic) bond motifs is 1. The Balaban J connectivity index is 1.47. The molecule has 0 spiro atoms. The zero-order valence-corrected chi connectivity index (χ0v) is 32.5. The summed E-state index contributed by atoms with van der Waals surface area (Å²) in [4.78, 5) is 50.0. The van der Waals surface area contributed by atoms with Crippen LogP contribution in [0.5, 0.6) is 0 Å². The Labute approximate surface area is 313 Å². The minimum Gasteiger partial charge on any atom is -0.453 e. The zero-order valence-electron chi connectivity index (χ0n) is 30.6. The summed E-state index contributed by atoms with van der Waals surface area (Å²) in [5.74, 6) is -1.36. The van der Waals surface area contributed by atoms with Gasteiger partial charge in [-0.3, -0.25) is 24.3 Å². The van der Waals surface area contributed by atoms with E-state index in [1.54, 1.807) is 30.3 Å². The fraction of sp³-hybridized carbons (Fsp3) is 0.400. The molecule has 5 atom stereocenters. The average molecular weight is 782 g/mol. The minimum atomic E-state index is -4.40. The van der Waals surface area contributed by atoms with Gasteiger partial charge < -0.3 is 24.3 Å². The second-order valence-electron chi connectivity index (χ2n) is 14.2. The summed E-state index contributed by atoms with van der Waals surface area (Å²) in [6, 6.07) is 11.3. The molecule has 1 amide bonds. The molecule has 0 bridgehead atoms. The molecular weight excluding hydrogens is 739 g/mol. The number of aliphatic hydroxyl groups excluding tert-OH is 1. The van der Waals surface area contributed by atoms with Gasteiger partial charge in [-0.2, -0.15) is 4.31 Å². The summed E-state index contributed by atoms with van der Waals surface area (Å²) in [6.45, 7) is 14.8. The van der Waals surface area contributed by atoms with Gasteiger partial charge in [-0.25, -0.2) is 23.4 Å². The Morgan fingerprint density at radius 2 is 1.81 bits per heavy atom. The van der Waals surface area contributed by atoms with Gasteiger partial charge in [0.2, 0.25) is 10.0 Å². The van der Waals surface area contributed by atoms with Crippen LogP contribution in [0.3, 0.4) is 0 Å². The van der Waals surface area contributed by atoms with E-state index in [1.165, 1.54) is 30.2 Å². The molecule has 54 heavy (non-hydrogen) atoms. The van der Waals surface area contributed by atoms with Crippen LogP contribution in [0.4, 0.5) is 11.5 Å². The molecule has 1 aliphatic rings. The van der Waals surface area contributed by atoms with Gasteiger partial charge in [0, 0.05) is 24.2 Å². The van der Waals surface area contributed by atoms with Gasteiger partial charge in [-0.05, 0) is 49.3 Å². The van der Waals surface area contributed by atoms with E-state index in [0.717, 1.165) is 28.6 Å². The molecule has 2 aromatic carbocycles. The highest BCUT2D eigenvalue weighted by Crippen LogP contribution is 2.39. The van der Waals surface area contributed by atoms with Gasteiger partial charge in [0.1, 0.15) is 24.6 Å². The summed E-state index contributed by atoms with van der Waals surface area (Å²) in [5, 5.41) is 25.4. The van der Waals surface area contributed by atoms with Crippen LogP contribution in [0.15, 0.2) is 84.8 Å². The summed E-state index contributed by atoms with van der Waals surface area (Å²) < 4.78 is 48.3. The molecule has 17 nitrogen and oxygen atoms in total. The third-order valence-corrected chi connectivity index (χ3v) is 16.1. The van der Waals surface area contributed by atoms with Crippen molar-refractivity contribution in [3.63, 3.8) is 0 Å². The highest BCUT2D eigenvalue weighted by molar-refractivity contribution is 7.89. The lowest BCUT2D eigenvalue weighted by Crippen LogP contribution is -2.47. The number of nitro benzene ring substituents is 1. The minimum absolute atomic E-state index is 0.0468. The predicted molar refractivity (Wildman–Crippen MR) is 199 cm³/mol. The number of ether oxygens (including phenoxy) is 2. The third-order valence-electron chi connectivity index (χ3n) is 9.62. The summed E-state index contributed by atoms with van der Waals surface area (Å²) >= 11 is 0. The highest BCUT2D eigenvalue weighted by Gasteiger charge is 2.50. The number of nitro groups is 1. The van der Waals surface area contributed by atoms with E-state index in [0.29, 0.717) is 5.56 Å². The fourth-order valence-electron chi connectivity index (χ4n) is 5.43. The van der Waals surface area contributed by atoms with E-state index in [1.807, 2.05) is 13.1 Å². The monoisotopic (exact) mass is 781 g/mol. The van der Waals surface area contributed by atoms with Gasteiger partial charge in [-0.15, -0.1) is 6.58 Å². The number of rotatable bonds is 14. The van der Waals surface area contributed by atoms with Gasteiger partial charge in [0.05, 0.1) is 22.8 Å². The molecule has 3 heterocycles. The fourth-order valence-corrected chi connectivity index (χ4v) is 8.00. The largest absolute Gasteiger partial charge is 0.453 e. The number of nitrogens with zero attached hydrogens (tertiary/aromatic N) is 6. The molecule has 288 valence electrons. The van der Waals surface area contributed by atoms with Crippen LogP contribution in [-0.4, -0.2) is 100.0 Å². The Kier molecular flexibility index (Phi) is 11.8. The highest BCUT2D eigenvalue weighted by atomic mass is 32.2. The number of imidazole rings is 1. The SMILES string of the molecule is C=CCN([C@@H](C)C(=O)O[C@@H]1[C@H](O)[C@@H](CO[Si](C)(C)C(C)(C)C)O[C@H]1n1cnc2c(NC(=O)c3ccccc3)ncnc21)S(=O)(=O)c1ccc([N+](=O)[O-])cc1. The quantitative estimate of drug-likeness (QED) is 0.0595. The molecule has 4 aromatic rings. The Morgan fingerprint density at radius 3 is 2.43 bits per heavy atom. The van der Waals surface area contributed by atoms with Crippen LogP contribution in [0.2, 0.25) is 18.1 Å². The van der Waals surface area contributed by atoms with E-state index in [2.05, 4.69) is 47.6 Å². The van der Waals surface area contributed by atoms with Crippen LogP contribution in [0.1, 0.15) is 44.3 Å². The van der Waals surface area contributed by atoms with Crippen molar-refractivity contribution in [2.45, 2.75) is 81.3 Å². The first-order valence-corrected chi connectivity index (χ1v) is 21.3. The van der Waals surface area contributed by atoms with Crippen molar-refractivity contribution >= 4 is 52.9 Å². The number of aliphatic hydroxyl groups is 1. The maximum atomic E-state index is 13.9. The molecule has 2 N–H and O–H groups in total. The molecular formula is C35H43N7O10SSi. The molecule has 2 aromatic heterocycles. The van der Waals surface area contributed by atoms with Crippen molar-refractivity contribution in [3.05, 3.63) is 95.6 Å². The number of non-ortho nitro benzene ring substituents is 1. The number of amides is 1. The normalized spacial score (nSPS) is 19.8. The number of carbonyl (C=O) groups is 2. The number of nitrogens with one attached hydrogen (secondary N) is 1. The van der Waals surface area contributed by atoms with E-state index < -0.39 is 65.7 Å². The van der Waals surface area contributed by atoms with Crippen molar-refractivity contribution in [3.8, 4) is 0 Å². The number of hydrogen-bond donors (Lipinski definition) is 2. The number of anilines is 1. The van der Waals surface area contributed by atoms with E-state index in [-0.39, 0.29) is 45.8 Å². The molecule has 0 unspecified atom stereocenters. The molecule has 1 saturated heterocycles. The van der Waals surface area contributed by atoms with Crippen molar-refractivity contribution in [2.75, 3.05) is 18.5 Å². The molecule has 0 radical (unpaired) electrons. The molecule has 5 rings (SSSR count). The number of sulfonamides is 1. The smallest absolute Gasteiger partial charge is 0.324 e. The second-order valence-corrected chi connectivity index (χ2v) is 20.9. The third kappa shape index (κ3) is 8.25. The summed E-state index contributed by atoms with van der Waals surface area (Å²) in [6.07, 6.45) is -1.27. The molecule has 1 aliphatic heterocycles. The molecule has 19 heteroatoms. The van der Waals surface area contributed by atoms with Crippen LogP contribution in [0.25, 0.3) is 11.2 Å². The van der Waals surface area contributed by atoms with Crippen LogP contribution in [0, 0.1) is 10.1 Å². The predicted octanol–water partition coefficient (Wildman–Crippen LogP) is 4.44. The van der Waals surface area contributed by atoms with E-state index in [4.69, 9.17) is 13.9 Å². The van der Waals surface area contributed by atoms with E-state index in [9.17, 15) is 33.2 Å². The molecule has 1 fully saturated rings. The maximum Gasteiger partial charge on any atom is 0.324 e. The number of aromatic nitrogens is 4. The number of benzene rings is 2. The molecule has 0 aliphatic carbocycles. The number of carbonyl (C=O) groups excluding carboxylic acids is 2. The summed E-state index contributed by atoms with van der Waals surface area (Å²) in [5.41, 5.74) is 0.441. The lowest BCUT2D eigenvalue weighted by molar-refractivity contribution is -0.384. The lowest BCUT2D eigenvalue weighted by Gasteiger charge is -2.37. The standard InChI is InChI=1S/C35H43N7O10SSi/c1-8-18-41(53(48,49)25-16-14-24(15-17-25)42(46)47)22(2)34(45)52-29-28(43)26(19-50-54(6,7)35(3,4)5)51-33(29)40-21-38-27-30(36-20-37-31(27)40)39-32(44)23-12-10-9-11-13-23/h8-17,20-22,26,28-29,33,43H,1,18-19H2,2-7H3,(H,36,37,39,44)/t22-,26+,28+,29+,33+/m0/s1. The Hall–Kier alpha value is -4.92. The first-order valence-electron chi connectivity index (χ1n) is 17.0. The zero-order chi connectivity index (χ0) is 39.6. The summed E-state index contributed by atoms with van der Waals surface area (Å²) in [7, 11) is -6.75. The number of hydrogen-bond acceptors (Lipinski definition) is 13. The molecule has 0 saturated carbocycles. The second kappa shape index (κ2) is 15.8. The van der Waals surface area contributed by atoms with Crippen molar-refractivity contribution in [1.82, 2.24) is 23.8 Å². The topological polar surface area (TPSA) is 218 Å². The van der Waals surface area contributed by atoms with Gasteiger partial charge in [-0.1, -0.05) is 45.0 Å². The van der Waals surface area contributed by atoms with Crippen molar-refractivity contribution in [1.29, 1.82) is 0 Å². The average Bonchev–Trinajstić information content (AvgIpc) is 3.70. The Bertz CT molecular complexity index is 2130. The van der Waals surface area contributed by atoms with Gasteiger partial charge >= 0.3 is 5.97 Å². The first-order chi connectivity index (χ1) is 25.4. The lowest BCUT2D eigenvalue weighted by atomic mass is 10.1. The van der Waals surface area contributed by atoms with Crippen LogP contribution in [-0.2, 0) is 28.7 Å². The first kappa shape index (κ1) is 40.3. The Morgan fingerprint density at radius 1 is 1.15 bits per heavy atom. The maximum absolute atomic E-state index is 13.9. The van der Waals surface area contributed by atoms with Gasteiger partial charge in [0.25, 0.3) is 11.6 Å². The van der Waals surface area contributed by atoms with Gasteiger partial charge in [0.15, 0.2) is 37.6 Å². The van der Waals surface area contributed by atoms with Crippen molar-refractivity contribution < 1.29 is 41.9 Å². The van der Waals surface area contributed by atoms with Crippen molar-refractivity contribution in [2.24, 2.45) is 0 Å². The van der Waals surface area contributed by atoms with Crippen LogP contribution >= 0.6 is 0 Å². The van der Waals surface area contributed by atoms with Crippen LogP contribution < -0.4 is 5.32 Å². The number of esters is 1. The van der Waals surface area contributed by atoms with E-state index >= 15 is 0 Å².